The lowest BCUT2D eigenvalue weighted by Crippen LogP contribution is -2.11. The fourth-order valence-corrected chi connectivity index (χ4v) is 0.965. The molecule has 13 heavy (non-hydrogen) atoms. The number of anilines is 1. The van der Waals surface area contributed by atoms with Crippen LogP contribution in [0.1, 0.15) is 11.7 Å². The number of rotatable bonds is 3. The monoisotopic (exact) mass is 182 g/mol. The molecule has 0 radical (unpaired) electrons. The first-order valence-electron chi connectivity index (χ1n) is 4.07. The molecule has 0 bridgehead atoms. The maximum atomic E-state index is 9.26. The number of hydrogen-bond acceptors (Lipinski definition) is 4. The quantitative estimate of drug-likeness (QED) is 0.699. The van der Waals surface area contributed by atoms with E-state index in [0.29, 0.717) is 5.56 Å². The lowest BCUT2D eigenvalue weighted by molar-refractivity contribution is 0.0953. The summed E-state index contributed by atoms with van der Waals surface area (Å²) in [6.45, 7) is -0.275. The summed E-state index contributed by atoms with van der Waals surface area (Å²) < 4.78 is 0. The van der Waals surface area contributed by atoms with E-state index in [1.54, 1.807) is 18.3 Å². The van der Waals surface area contributed by atoms with Gasteiger partial charge in [0.1, 0.15) is 11.9 Å². The van der Waals surface area contributed by atoms with E-state index < -0.39 is 6.10 Å². The van der Waals surface area contributed by atoms with Crippen LogP contribution in [0, 0.1) is 0 Å². The molecule has 0 saturated carbocycles. The van der Waals surface area contributed by atoms with Gasteiger partial charge in [-0.1, -0.05) is 6.07 Å². The molecule has 1 rings (SSSR count). The fourth-order valence-electron chi connectivity index (χ4n) is 0.965. The van der Waals surface area contributed by atoms with Gasteiger partial charge in [0, 0.05) is 25.9 Å². The van der Waals surface area contributed by atoms with Gasteiger partial charge in [-0.05, 0) is 6.07 Å². The van der Waals surface area contributed by atoms with Gasteiger partial charge < -0.3 is 15.1 Å². The van der Waals surface area contributed by atoms with Crippen molar-refractivity contribution < 1.29 is 10.2 Å². The molecule has 0 aliphatic rings. The van der Waals surface area contributed by atoms with Crippen LogP contribution in [-0.4, -0.2) is 35.9 Å². The Labute approximate surface area is 77.5 Å². The maximum Gasteiger partial charge on any atom is 0.127 e. The first-order valence-corrected chi connectivity index (χ1v) is 4.07. The molecule has 0 aromatic carbocycles. The topological polar surface area (TPSA) is 56.6 Å². The minimum absolute atomic E-state index is 0.275. The molecular formula is C9H14N2O2. The van der Waals surface area contributed by atoms with Crippen LogP contribution < -0.4 is 4.90 Å². The van der Waals surface area contributed by atoms with Gasteiger partial charge in [-0.3, -0.25) is 0 Å². The highest BCUT2D eigenvalue weighted by Gasteiger charge is 2.05. The van der Waals surface area contributed by atoms with Gasteiger partial charge in [0.15, 0.2) is 0 Å². The SMILES string of the molecule is CN(C)c1ccc(C(O)CO)cn1. The highest BCUT2D eigenvalue weighted by atomic mass is 16.3. The number of nitrogens with zero attached hydrogens (tertiary/aromatic N) is 2. The van der Waals surface area contributed by atoms with E-state index in [2.05, 4.69) is 4.98 Å². The summed E-state index contributed by atoms with van der Waals surface area (Å²) in [5.41, 5.74) is 0.633. The zero-order valence-corrected chi connectivity index (χ0v) is 7.81. The van der Waals surface area contributed by atoms with Crippen molar-refractivity contribution in [3.05, 3.63) is 23.9 Å². The highest BCUT2D eigenvalue weighted by molar-refractivity contribution is 5.37. The van der Waals surface area contributed by atoms with Gasteiger partial charge in [0.2, 0.25) is 0 Å². The second-order valence-electron chi connectivity index (χ2n) is 3.04. The third-order valence-electron chi connectivity index (χ3n) is 1.79. The minimum atomic E-state index is -0.830. The number of hydrogen-bond donors (Lipinski definition) is 2. The van der Waals surface area contributed by atoms with Gasteiger partial charge in [0.25, 0.3) is 0 Å². The van der Waals surface area contributed by atoms with Crippen LogP contribution in [0.2, 0.25) is 0 Å². The Hall–Kier alpha value is -1.13. The molecule has 0 saturated heterocycles. The van der Waals surface area contributed by atoms with E-state index in [9.17, 15) is 5.11 Å². The largest absolute Gasteiger partial charge is 0.393 e. The Morgan fingerprint density at radius 2 is 2.15 bits per heavy atom. The van der Waals surface area contributed by atoms with Crippen LogP contribution in [0.3, 0.4) is 0 Å². The van der Waals surface area contributed by atoms with Crippen molar-refractivity contribution in [2.24, 2.45) is 0 Å². The summed E-state index contributed by atoms with van der Waals surface area (Å²) >= 11 is 0. The Kier molecular flexibility index (Phi) is 3.22. The lowest BCUT2D eigenvalue weighted by Gasteiger charge is -2.12. The summed E-state index contributed by atoms with van der Waals surface area (Å²) in [7, 11) is 3.79. The zero-order valence-electron chi connectivity index (χ0n) is 7.81. The van der Waals surface area contributed by atoms with Gasteiger partial charge >= 0.3 is 0 Å². The molecule has 1 unspecified atom stereocenters. The maximum absolute atomic E-state index is 9.26. The van der Waals surface area contributed by atoms with E-state index in [1.807, 2.05) is 19.0 Å². The van der Waals surface area contributed by atoms with Crippen LogP contribution in [-0.2, 0) is 0 Å². The Balaban J connectivity index is 2.81. The van der Waals surface area contributed by atoms with Gasteiger partial charge in [-0.15, -0.1) is 0 Å². The van der Waals surface area contributed by atoms with Crippen LogP contribution in [0.5, 0.6) is 0 Å². The molecule has 0 amide bonds. The molecule has 0 fully saturated rings. The Morgan fingerprint density at radius 3 is 2.54 bits per heavy atom. The minimum Gasteiger partial charge on any atom is -0.393 e. The average Bonchev–Trinajstić information content (AvgIpc) is 2.17. The van der Waals surface area contributed by atoms with Crippen molar-refractivity contribution in [1.82, 2.24) is 4.98 Å². The average molecular weight is 182 g/mol. The number of aromatic nitrogens is 1. The third kappa shape index (κ3) is 2.40. The van der Waals surface area contributed by atoms with Crippen molar-refractivity contribution in [2.45, 2.75) is 6.10 Å². The predicted octanol–water partition coefficient (Wildman–Crippen LogP) is 0.173. The molecule has 4 nitrogen and oxygen atoms in total. The zero-order chi connectivity index (χ0) is 9.84. The van der Waals surface area contributed by atoms with E-state index in [4.69, 9.17) is 5.11 Å². The van der Waals surface area contributed by atoms with Gasteiger partial charge in [-0.2, -0.15) is 0 Å². The number of aliphatic hydroxyl groups excluding tert-OH is 2. The summed E-state index contributed by atoms with van der Waals surface area (Å²) in [6.07, 6.45) is 0.736. The predicted molar refractivity (Wildman–Crippen MR) is 50.6 cm³/mol. The van der Waals surface area contributed by atoms with Crippen molar-refractivity contribution in [2.75, 3.05) is 25.6 Å². The van der Waals surface area contributed by atoms with Crippen LogP contribution in [0.15, 0.2) is 18.3 Å². The standard InChI is InChI=1S/C9H14N2O2/c1-11(2)9-4-3-7(5-10-9)8(13)6-12/h3-5,8,12-13H,6H2,1-2H3. The van der Waals surface area contributed by atoms with Gasteiger partial charge in [-0.25, -0.2) is 4.98 Å². The van der Waals surface area contributed by atoms with E-state index in [-0.39, 0.29) is 6.61 Å². The van der Waals surface area contributed by atoms with E-state index >= 15 is 0 Å². The summed E-state index contributed by atoms with van der Waals surface area (Å²) in [5, 5.41) is 17.9. The molecule has 1 atom stereocenters. The van der Waals surface area contributed by atoms with Crippen LogP contribution in [0.4, 0.5) is 5.82 Å². The van der Waals surface area contributed by atoms with Crippen LogP contribution >= 0.6 is 0 Å². The molecule has 0 aliphatic carbocycles. The normalized spacial score (nSPS) is 12.6. The third-order valence-corrected chi connectivity index (χ3v) is 1.79. The summed E-state index contributed by atoms with van der Waals surface area (Å²) in [6, 6.07) is 3.55. The molecule has 4 heteroatoms. The van der Waals surface area contributed by atoms with Crippen LogP contribution in [0.25, 0.3) is 0 Å². The molecule has 2 N–H and O–H groups in total. The fraction of sp³-hybridized carbons (Fsp3) is 0.444. The number of aliphatic hydroxyl groups is 2. The summed E-state index contributed by atoms with van der Waals surface area (Å²) in [4.78, 5) is 5.97. The highest BCUT2D eigenvalue weighted by Crippen LogP contribution is 2.13. The smallest absolute Gasteiger partial charge is 0.127 e. The lowest BCUT2D eigenvalue weighted by atomic mass is 10.2. The molecule has 72 valence electrons. The van der Waals surface area contributed by atoms with Crippen molar-refractivity contribution in [3.63, 3.8) is 0 Å². The molecule has 1 aromatic rings. The second-order valence-corrected chi connectivity index (χ2v) is 3.04. The Bertz CT molecular complexity index is 259. The molecular weight excluding hydrogens is 168 g/mol. The first-order chi connectivity index (χ1) is 6.15. The van der Waals surface area contributed by atoms with E-state index in [0.717, 1.165) is 5.82 Å². The van der Waals surface area contributed by atoms with E-state index in [1.165, 1.54) is 0 Å². The number of pyridine rings is 1. The van der Waals surface area contributed by atoms with Crippen molar-refractivity contribution >= 4 is 5.82 Å². The molecule has 1 heterocycles. The van der Waals surface area contributed by atoms with Gasteiger partial charge in [0.05, 0.1) is 6.61 Å². The Morgan fingerprint density at radius 1 is 1.46 bits per heavy atom. The van der Waals surface area contributed by atoms with Crippen molar-refractivity contribution in [1.29, 1.82) is 0 Å². The summed E-state index contributed by atoms with van der Waals surface area (Å²) in [5.74, 6) is 0.828. The second kappa shape index (κ2) is 4.20. The molecule has 0 aliphatic heterocycles. The molecule has 1 aromatic heterocycles. The molecule has 0 spiro atoms. The van der Waals surface area contributed by atoms with Crippen molar-refractivity contribution in [3.8, 4) is 0 Å². The first kappa shape index (κ1) is 9.95.